The number of fused-ring (bicyclic) bond motifs is 1. The number of carbonyl (C=O) groups is 1. The second-order valence-corrected chi connectivity index (χ2v) is 10.6. The molecule has 0 saturated heterocycles. The number of carboxylic acids is 1. The topological polar surface area (TPSA) is 110 Å². The summed E-state index contributed by atoms with van der Waals surface area (Å²) >= 11 is 0. The van der Waals surface area contributed by atoms with Gasteiger partial charge in [-0.1, -0.05) is 39.0 Å². The molecule has 0 amide bonds. The van der Waals surface area contributed by atoms with Crippen LogP contribution in [0.3, 0.4) is 0 Å². The van der Waals surface area contributed by atoms with Crippen LogP contribution in [-0.4, -0.2) is 24.5 Å². The van der Waals surface area contributed by atoms with Crippen molar-refractivity contribution in [2.75, 3.05) is 4.72 Å². The lowest BCUT2D eigenvalue weighted by atomic mass is 9.87. The van der Waals surface area contributed by atoms with Crippen LogP contribution in [0, 0.1) is 6.92 Å². The summed E-state index contributed by atoms with van der Waals surface area (Å²) in [6, 6.07) is 16.8. The Labute approximate surface area is 192 Å². The van der Waals surface area contributed by atoms with Gasteiger partial charge in [-0.25, -0.2) is 18.2 Å². The third-order valence-electron chi connectivity index (χ3n) is 5.39. The molecule has 33 heavy (non-hydrogen) atoms. The van der Waals surface area contributed by atoms with Gasteiger partial charge in [0.15, 0.2) is 5.58 Å². The van der Waals surface area contributed by atoms with Crippen molar-refractivity contribution in [1.82, 2.24) is 4.98 Å². The van der Waals surface area contributed by atoms with E-state index in [-0.39, 0.29) is 15.9 Å². The molecule has 4 rings (SSSR count). The molecule has 4 aromatic rings. The zero-order chi connectivity index (χ0) is 24.0. The minimum absolute atomic E-state index is 0.0363. The highest BCUT2D eigenvalue weighted by atomic mass is 32.2. The fourth-order valence-electron chi connectivity index (χ4n) is 3.44. The molecule has 0 aliphatic carbocycles. The number of aromatic nitrogens is 1. The lowest BCUT2D eigenvalue weighted by Gasteiger charge is -2.18. The summed E-state index contributed by atoms with van der Waals surface area (Å²) < 4.78 is 34.0. The summed E-state index contributed by atoms with van der Waals surface area (Å²) in [6.45, 7) is 8.04. The number of anilines is 1. The summed E-state index contributed by atoms with van der Waals surface area (Å²) in [5.41, 5.74) is 3.79. The van der Waals surface area contributed by atoms with Crippen molar-refractivity contribution in [2.45, 2.75) is 38.0 Å². The molecular formula is C25H24N2O5S. The standard InChI is InChI=1S/C25H24N2O5S/c1-15-5-11-19(14-20(15)24(28)29)33(30,31)27-18-10-12-22-21(13-18)26-23(32-22)16-6-8-17(9-7-16)25(2,3)4/h5-14,27H,1-4H3,(H,28,29). The molecule has 1 heterocycles. The molecule has 0 fully saturated rings. The van der Waals surface area contributed by atoms with Gasteiger partial charge in [0.05, 0.1) is 16.1 Å². The Morgan fingerprint density at radius 2 is 1.70 bits per heavy atom. The van der Waals surface area contributed by atoms with Crippen molar-refractivity contribution in [1.29, 1.82) is 0 Å². The van der Waals surface area contributed by atoms with E-state index in [1.165, 1.54) is 17.7 Å². The van der Waals surface area contributed by atoms with Crippen molar-refractivity contribution in [3.63, 3.8) is 0 Å². The van der Waals surface area contributed by atoms with Gasteiger partial charge >= 0.3 is 5.97 Å². The number of hydrogen-bond acceptors (Lipinski definition) is 5. The fourth-order valence-corrected chi connectivity index (χ4v) is 4.52. The molecule has 0 radical (unpaired) electrons. The zero-order valence-electron chi connectivity index (χ0n) is 18.7. The van der Waals surface area contributed by atoms with E-state index in [0.717, 1.165) is 11.6 Å². The van der Waals surface area contributed by atoms with Gasteiger partial charge in [0.25, 0.3) is 10.0 Å². The van der Waals surface area contributed by atoms with Crippen LogP contribution in [0.2, 0.25) is 0 Å². The molecule has 8 heteroatoms. The number of aromatic carboxylic acids is 1. The highest BCUT2D eigenvalue weighted by Crippen LogP contribution is 2.29. The summed E-state index contributed by atoms with van der Waals surface area (Å²) in [5.74, 6) is -0.744. The Morgan fingerprint density at radius 1 is 1.00 bits per heavy atom. The molecule has 0 aliphatic heterocycles. The van der Waals surface area contributed by atoms with Crippen molar-refractivity contribution >= 4 is 32.8 Å². The van der Waals surface area contributed by atoms with Gasteiger partial charge in [0.2, 0.25) is 5.89 Å². The summed E-state index contributed by atoms with van der Waals surface area (Å²) in [7, 11) is -3.99. The van der Waals surface area contributed by atoms with E-state index >= 15 is 0 Å². The van der Waals surface area contributed by atoms with Crippen LogP contribution in [0.5, 0.6) is 0 Å². The number of oxazole rings is 1. The van der Waals surface area contributed by atoms with Crippen LogP contribution in [-0.2, 0) is 15.4 Å². The first-order valence-electron chi connectivity index (χ1n) is 10.3. The molecule has 3 aromatic carbocycles. The predicted molar refractivity (Wildman–Crippen MR) is 127 cm³/mol. The first-order valence-corrected chi connectivity index (χ1v) is 11.8. The molecule has 170 valence electrons. The van der Waals surface area contributed by atoms with Crippen LogP contribution >= 0.6 is 0 Å². The second-order valence-electron chi connectivity index (χ2n) is 8.92. The number of nitrogens with zero attached hydrogens (tertiary/aromatic N) is 1. The molecule has 7 nitrogen and oxygen atoms in total. The second kappa shape index (κ2) is 8.04. The average molecular weight is 465 g/mol. The largest absolute Gasteiger partial charge is 0.478 e. The molecule has 0 saturated carbocycles. The van der Waals surface area contributed by atoms with Crippen molar-refractivity contribution in [2.24, 2.45) is 0 Å². The van der Waals surface area contributed by atoms with Crippen LogP contribution in [0.25, 0.3) is 22.6 Å². The van der Waals surface area contributed by atoms with E-state index in [9.17, 15) is 18.3 Å². The normalized spacial score (nSPS) is 12.1. The summed E-state index contributed by atoms with van der Waals surface area (Å²) in [6.07, 6.45) is 0. The number of nitrogens with one attached hydrogen (secondary N) is 1. The monoisotopic (exact) mass is 464 g/mol. The lowest BCUT2D eigenvalue weighted by Crippen LogP contribution is -2.14. The lowest BCUT2D eigenvalue weighted by molar-refractivity contribution is 0.0696. The SMILES string of the molecule is Cc1ccc(S(=O)(=O)Nc2ccc3oc(-c4ccc(C(C)(C)C)cc4)nc3c2)cc1C(=O)O. The smallest absolute Gasteiger partial charge is 0.335 e. The molecule has 0 atom stereocenters. The Morgan fingerprint density at radius 3 is 2.33 bits per heavy atom. The number of rotatable bonds is 5. The third-order valence-corrected chi connectivity index (χ3v) is 6.77. The number of sulfonamides is 1. The van der Waals surface area contributed by atoms with Gasteiger partial charge in [-0.05, 0) is 65.9 Å². The van der Waals surface area contributed by atoms with Gasteiger partial charge in [-0.3, -0.25) is 4.72 Å². The van der Waals surface area contributed by atoms with Crippen LogP contribution in [0.15, 0.2) is 70.0 Å². The first-order chi connectivity index (χ1) is 15.4. The van der Waals surface area contributed by atoms with Crippen LogP contribution in [0.4, 0.5) is 5.69 Å². The van der Waals surface area contributed by atoms with Crippen LogP contribution < -0.4 is 4.72 Å². The zero-order valence-corrected chi connectivity index (χ0v) is 19.5. The van der Waals surface area contributed by atoms with Gasteiger partial charge < -0.3 is 9.52 Å². The number of carboxylic acid groups (broad SMARTS) is 1. The molecule has 0 aliphatic rings. The van der Waals surface area contributed by atoms with Crippen LogP contribution in [0.1, 0.15) is 42.3 Å². The van der Waals surface area contributed by atoms with E-state index in [1.807, 2.05) is 24.3 Å². The van der Waals surface area contributed by atoms with Crippen molar-refractivity contribution in [3.05, 3.63) is 77.4 Å². The third kappa shape index (κ3) is 4.61. The number of hydrogen-bond donors (Lipinski definition) is 2. The van der Waals surface area contributed by atoms with E-state index in [2.05, 4.69) is 30.5 Å². The minimum Gasteiger partial charge on any atom is -0.478 e. The maximum atomic E-state index is 12.8. The maximum Gasteiger partial charge on any atom is 0.335 e. The van der Waals surface area contributed by atoms with Gasteiger partial charge in [-0.15, -0.1) is 0 Å². The van der Waals surface area contributed by atoms with Gasteiger partial charge in [-0.2, -0.15) is 0 Å². The first kappa shape index (κ1) is 22.5. The molecule has 0 bridgehead atoms. The molecule has 2 N–H and O–H groups in total. The van der Waals surface area contributed by atoms with Crippen molar-refractivity contribution < 1.29 is 22.7 Å². The highest BCUT2D eigenvalue weighted by molar-refractivity contribution is 7.92. The molecule has 0 spiro atoms. The Bertz CT molecular complexity index is 1460. The van der Waals surface area contributed by atoms with E-state index in [1.54, 1.807) is 25.1 Å². The average Bonchev–Trinajstić information content (AvgIpc) is 3.16. The Kier molecular flexibility index (Phi) is 5.49. The van der Waals surface area contributed by atoms with Crippen molar-refractivity contribution in [3.8, 4) is 11.5 Å². The fraction of sp³-hybridized carbons (Fsp3) is 0.200. The van der Waals surface area contributed by atoms with Gasteiger partial charge in [0.1, 0.15) is 5.52 Å². The van der Waals surface area contributed by atoms with E-state index in [0.29, 0.717) is 28.2 Å². The molecular weight excluding hydrogens is 440 g/mol. The van der Waals surface area contributed by atoms with E-state index in [4.69, 9.17) is 4.42 Å². The van der Waals surface area contributed by atoms with Gasteiger partial charge in [0, 0.05) is 5.56 Å². The van der Waals surface area contributed by atoms with E-state index < -0.39 is 16.0 Å². The molecule has 1 aromatic heterocycles. The Hall–Kier alpha value is -3.65. The number of aryl methyl sites for hydroxylation is 1. The summed E-state index contributed by atoms with van der Waals surface area (Å²) in [4.78, 5) is 15.7. The predicted octanol–water partition coefficient (Wildman–Crippen LogP) is 5.60. The Balaban J connectivity index is 1.63. The maximum absolute atomic E-state index is 12.8. The molecule has 0 unspecified atom stereocenters. The number of benzene rings is 3. The quantitative estimate of drug-likeness (QED) is 0.398. The summed E-state index contributed by atoms with van der Waals surface area (Å²) in [5, 5.41) is 9.28. The minimum atomic E-state index is -3.99. The highest BCUT2D eigenvalue weighted by Gasteiger charge is 2.19.